The van der Waals surface area contributed by atoms with E-state index in [9.17, 15) is 9.59 Å². The highest BCUT2D eigenvalue weighted by Gasteiger charge is 2.14. The Morgan fingerprint density at radius 3 is 2.45 bits per heavy atom. The van der Waals surface area contributed by atoms with Crippen LogP contribution >= 0.6 is 0 Å². The Bertz CT molecular complexity index is 1230. The van der Waals surface area contributed by atoms with Crippen LogP contribution in [0.1, 0.15) is 34.8 Å². The number of benzene rings is 2. The molecule has 2 heterocycles. The van der Waals surface area contributed by atoms with Crippen LogP contribution in [-0.2, 0) is 0 Å². The van der Waals surface area contributed by atoms with E-state index in [1.54, 1.807) is 48.0 Å². The van der Waals surface area contributed by atoms with Gasteiger partial charge in [0.2, 0.25) is 0 Å². The highest BCUT2D eigenvalue weighted by molar-refractivity contribution is 5.94. The molecular formula is C23H20N4O2. The number of aromatic nitrogens is 3. The largest absolute Gasteiger partial charge is 0.344 e. The number of amides is 1. The molecule has 0 aliphatic carbocycles. The second-order valence-corrected chi connectivity index (χ2v) is 6.81. The van der Waals surface area contributed by atoms with Gasteiger partial charge >= 0.3 is 0 Å². The summed E-state index contributed by atoms with van der Waals surface area (Å²) >= 11 is 0. The van der Waals surface area contributed by atoms with Gasteiger partial charge in [0, 0.05) is 11.8 Å². The van der Waals surface area contributed by atoms with Crippen molar-refractivity contribution in [2.24, 2.45) is 0 Å². The molecule has 6 heteroatoms. The lowest BCUT2D eigenvalue weighted by Gasteiger charge is -2.14. The first-order valence-electron chi connectivity index (χ1n) is 9.35. The monoisotopic (exact) mass is 384 g/mol. The van der Waals surface area contributed by atoms with Gasteiger partial charge < -0.3 is 5.32 Å². The van der Waals surface area contributed by atoms with Crippen LogP contribution in [0.3, 0.4) is 0 Å². The van der Waals surface area contributed by atoms with Crippen LogP contribution in [0.5, 0.6) is 0 Å². The third kappa shape index (κ3) is 3.65. The van der Waals surface area contributed by atoms with Gasteiger partial charge in [-0.1, -0.05) is 18.2 Å². The van der Waals surface area contributed by atoms with E-state index in [2.05, 4.69) is 15.3 Å². The number of carbonyl (C=O) groups excluding carboxylic acids is 1. The van der Waals surface area contributed by atoms with Crippen molar-refractivity contribution in [3.63, 3.8) is 0 Å². The maximum absolute atomic E-state index is 12.9. The summed E-state index contributed by atoms with van der Waals surface area (Å²) < 4.78 is 1.56. The lowest BCUT2D eigenvalue weighted by atomic mass is 10.1. The third-order valence-corrected chi connectivity index (χ3v) is 4.81. The van der Waals surface area contributed by atoms with Gasteiger partial charge in [-0.25, -0.2) is 4.98 Å². The molecule has 0 saturated carbocycles. The molecule has 2 aromatic heterocycles. The van der Waals surface area contributed by atoms with E-state index in [0.29, 0.717) is 28.0 Å². The van der Waals surface area contributed by atoms with Crippen molar-refractivity contribution >= 4 is 16.8 Å². The van der Waals surface area contributed by atoms with Crippen molar-refractivity contribution in [1.82, 2.24) is 19.9 Å². The van der Waals surface area contributed by atoms with Crippen molar-refractivity contribution in [2.45, 2.75) is 19.9 Å². The highest BCUT2D eigenvalue weighted by Crippen LogP contribution is 2.15. The minimum Gasteiger partial charge on any atom is -0.344 e. The second-order valence-electron chi connectivity index (χ2n) is 6.81. The van der Waals surface area contributed by atoms with Gasteiger partial charge in [-0.3, -0.25) is 19.1 Å². The number of pyridine rings is 1. The summed E-state index contributed by atoms with van der Waals surface area (Å²) in [6.45, 7) is 3.68. The molecular weight excluding hydrogens is 364 g/mol. The predicted octanol–water partition coefficient (Wildman–Crippen LogP) is 3.58. The Kier molecular flexibility index (Phi) is 4.91. The topological polar surface area (TPSA) is 76.9 Å². The van der Waals surface area contributed by atoms with Gasteiger partial charge in [0.15, 0.2) is 0 Å². The van der Waals surface area contributed by atoms with Gasteiger partial charge in [-0.15, -0.1) is 0 Å². The number of aryl methyl sites for hydroxylation is 1. The number of hydrogen-bond donors (Lipinski definition) is 1. The first-order valence-corrected chi connectivity index (χ1v) is 9.35. The number of nitrogens with one attached hydrogen (secondary N) is 1. The average molecular weight is 384 g/mol. The first kappa shape index (κ1) is 18.6. The number of para-hydroxylation sites is 1. The van der Waals surface area contributed by atoms with Crippen LogP contribution in [-0.4, -0.2) is 20.4 Å². The Labute approximate surface area is 167 Å². The van der Waals surface area contributed by atoms with Crippen molar-refractivity contribution in [1.29, 1.82) is 0 Å². The molecule has 0 aliphatic heterocycles. The fourth-order valence-electron chi connectivity index (χ4n) is 3.30. The third-order valence-electron chi connectivity index (χ3n) is 4.81. The Balaban J connectivity index is 1.61. The Morgan fingerprint density at radius 2 is 1.72 bits per heavy atom. The number of carbonyl (C=O) groups is 1. The summed E-state index contributed by atoms with van der Waals surface area (Å²) in [5.41, 5.74) is 2.51. The molecule has 144 valence electrons. The lowest BCUT2D eigenvalue weighted by Crippen LogP contribution is -2.27. The number of rotatable bonds is 4. The first-order chi connectivity index (χ1) is 14.0. The zero-order chi connectivity index (χ0) is 20.4. The standard InChI is InChI=1S/C23H20N4O2/c1-15(20-8-5-6-14-24-20)25-22(28)17-10-12-18(13-11-17)27-16(2)26-21-9-4-3-7-19(21)23(27)29/h3-15H,1-2H3,(H,25,28)/t15-/m1/s1. The molecule has 0 aliphatic rings. The van der Waals surface area contributed by atoms with E-state index >= 15 is 0 Å². The smallest absolute Gasteiger partial charge is 0.265 e. The van der Waals surface area contributed by atoms with Gasteiger partial charge in [-0.05, 0) is 62.4 Å². The van der Waals surface area contributed by atoms with Crippen molar-refractivity contribution < 1.29 is 4.79 Å². The molecule has 6 nitrogen and oxygen atoms in total. The zero-order valence-electron chi connectivity index (χ0n) is 16.2. The fraction of sp³-hybridized carbons (Fsp3) is 0.130. The molecule has 1 amide bonds. The SMILES string of the molecule is Cc1nc2ccccc2c(=O)n1-c1ccc(C(=O)N[C@H](C)c2ccccn2)cc1. The summed E-state index contributed by atoms with van der Waals surface area (Å²) in [5.74, 6) is 0.394. The molecule has 0 bridgehead atoms. The molecule has 0 spiro atoms. The number of fused-ring (bicyclic) bond motifs is 1. The molecule has 29 heavy (non-hydrogen) atoms. The molecule has 0 saturated heterocycles. The second kappa shape index (κ2) is 7.67. The summed E-state index contributed by atoms with van der Waals surface area (Å²) in [6, 6.07) is 19.6. The summed E-state index contributed by atoms with van der Waals surface area (Å²) in [5, 5.41) is 3.50. The maximum atomic E-state index is 12.9. The van der Waals surface area contributed by atoms with Crippen LogP contribution in [0.25, 0.3) is 16.6 Å². The quantitative estimate of drug-likeness (QED) is 0.583. The predicted molar refractivity (Wildman–Crippen MR) is 112 cm³/mol. The summed E-state index contributed by atoms with van der Waals surface area (Å²) in [4.78, 5) is 34.3. The van der Waals surface area contributed by atoms with Crippen LogP contribution in [0.2, 0.25) is 0 Å². The molecule has 0 unspecified atom stereocenters. The van der Waals surface area contributed by atoms with Crippen molar-refractivity contribution in [2.75, 3.05) is 0 Å². The summed E-state index contributed by atoms with van der Waals surface area (Å²) in [6.07, 6.45) is 1.70. The minimum absolute atomic E-state index is 0.130. The van der Waals surface area contributed by atoms with Gasteiger partial charge in [-0.2, -0.15) is 0 Å². The lowest BCUT2D eigenvalue weighted by molar-refractivity contribution is 0.0939. The van der Waals surface area contributed by atoms with Crippen LogP contribution in [0.4, 0.5) is 0 Å². The van der Waals surface area contributed by atoms with Crippen LogP contribution in [0.15, 0.2) is 77.7 Å². The zero-order valence-corrected chi connectivity index (χ0v) is 16.2. The van der Waals surface area contributed by atoms with Gasteiger partial charge in [0.25, 0.3) is 11.5 Å². The van der Waals surface area contributed by atoms with E-state index in [4.69, 9.17) is 0 Å². The molecule has 1 atom stereocenters. The molecule has 1 N–H and O–H groups in total. The van der Waals surface area contributed by atoms with Gasteiger partial charge in [0.1, 0.15) is 5.82 Å². The Hall–Kier alpha value is -3.80. The van der Waals surface area contributed by atoms with E-state index in [-0.39, 0.29) is 17.5 Å². The Morgan fingerprint density at radius 1 is 1.00 bits per heavy atom. The van der Waals surface area contributed by atoms with Crippen molar-refractivity contribution in [3.05, 3.63) is 100 Å². The molecule has 4 rings (SSSR count). The van der Waals surface area contributed by atoms with Crippen LogP contribution in [0, 0.1) is 6.92 Å². The minimum atomic E-state index is -0.210. The summed E-state index contributed by atoms with van der Waals surface area (Å²) in [7, 11) is 0. The van der Waals surface area contributed by atoms with E-state index in [1.807, 2.05) is 43.3 Å². The highest BCUT2D eigenvalue weighted by atomic mass is 16.1. The van der Waals surface area contributed by atoms with E-state index in [1.165, 1.54) is 0 Å². The number of hydrogen-bond acceptors (Lipinski definition) is 4. The van der Waals surface area contributed by atoms with Gasteiger partial charge in [0.05, 0.1) is 28.3 Å². The number of nitrogens with zero attached hydrogens (tertiary/aromatic N) is 3. The molecule has 0 fully saturated rings. The van der Waals surface area contributed by atoms with E-state index < -0.39 is 0 Å². The average Bonchev–Trinajstić information content (AvgIpc) is 2.75. The normalized spacial score (nSPS) is 11.9. The molecule has 2 aromatic carbocycles. The van der Waals surface area contributed by atoms with E-state index in [0.717, 1.165) is 5.69 Å². The van der Waals surface area contributed by atoms with Crippen LogP contribution < -0.4 is 10.9 Å². The molecule has 4 aromatic rings. The van der Waals surface area contributed by atoms with Crippen molar-refractivity contribution in [3.8, 4) is 5.69 Å². The molecule has 0 radical (unpaired) electrons. The fourth-order valence-corrected chi connectivity index (χ4v) is 3.30. The maximum Gasteiger partial charge on any atom is 0.265 e.